The van der Waals surface area contributed by atoms with E-state index in [9.17, 15) is 44.3 Å². The van der Waals surface area contributed by atoms with Crippen molar-refractivity contribution in [3.8, 4) is 0 Å². The van der Waals surface area contributed by atoms with Gasteiger partial charge in [-0.25, -0.2) is 4.79 Å². The van der Waals surface area contributed by atoms with Crippen LogP contribution in [0.3, 0.4) is 0 Å². The van der Waals surface area contributed by atoms with Gasteiger partial charge in [0.05, 0.1) is 6.04 Å². The molecule has 0 radical (unpaired) electrons. The normalized spacial score (nSPS) is 22.6. The summed E-state index contributed by atoms with van der Waals surface area (Å²) in [5, 5.41) is 2.18. The van der Waals surface area contributed by atoms with Crippen LogP contribution < -0.4 is 5.32 Å². The van der Waals surface area contributed by atoms with E-state index < -0.39 is 49.7 Å². The molecule has 2 aliphatic rings. The second-order valence-corrected chi connectivity index (χ2v) is 8.18. The first kappa shape index (κ1) is 25.9. The number of carbonyl (C=O) groups is 1. The van der Waals surface area contributed by atoms with Crippen LogP contribution in [0.15, 0.2) is 36.4 Å². The van der Waals surface area contributed by atoms with Gasteiger partial charge in [-0.05, 0) is 35.7 Å². The number of nitrogens with zero attached hydrogens (tertiary/aromatic N) is 2. The molecule has 1 aromatic carbocycles. The molecule has 1 heterocycles. The molecule has 1 N–H and O–H groups in total. The summed E-state index contributed by atoms with van der Waals surface area (Å²) >= 11 is 0. The third-order valence-corrected chi connectivity index (χ3v) is 5.43. The molecule has 1 aromatic rings. The maximum atomic E-state index is 13.1. The van der Waals surface area contributed by atoms with E-state index in [1.165, 1.54) is 12.1 Å². The van der Waals surface area contributed by atoms with Crippen LogP contribution >= 0.6 is 0 Å². The number of carbonyl (C=O) groups excluding carboxylic acids is 1. The van der Waals surface area contributed by atoms with E-state index in [0.717, 1.165) is 0 Å². The van der Waals surface area contributed by atoms with Crippen LogP contribution in [-0.4, -0.2) is 73.1 Å². The van der Waals surface area contributed by atoms with Crippen molar-refractivity contribution in [2.45, 2.75) is 37.0 Å². The summed E-state index contributed by atoms with van der Waals surface area (Å²) in [4.78, 5) is 13.6. The van der Waals surface area contributed by atoms with Gasteiger partial charge in [0, 0.05) is 18.7 Å². The summed E-state index contributed by atoms with van der Waals surface area (Å²) in [6.45, 7) is -4.20. The highest BCUT2D eigenvalue weighted by atomic mass is 19.4. The Bertz CT molecular complexity index is 963. The molecule has 0 fully saturated rings. The monoisotopic (exact) mass is 501 g/mol. The molecule has 13 heteroatoms. The number of halogens is 9. The number of fused-ring (bicyclic) bond motifs is 3. The van der Waals surface area contributed by atoms with Crippen LogP contribution in [-0.2, 0) is 0 Å². The van der Waals surface area contributed by atoms with E-state index in [1.54, 1.807) is 30.1 Å². The number of nitrogens with one attached hydrogen (secondary N) is 1. The third kappa shape index (κ3) is 6.67. The van der Waals surface area contributed by atoms with Gasteiger partial charge in [-0.3, -0.25) is 4.90 Å². The molecule has 188 valence electrons. The molecule has 0 saturated heterocycles. The predicted octanol–water partition coefficient (Wildman–Crippen LogP) is 5.24. The van der Waals surface area contributed by atoms with Gasteiger partial charge in [-0.1, -0.05) is 30.3 Å². The smallest absolute Gasteiger partial charge is 0.330 e. The summed E-state index contributed by atoms with van der Waals surface area (Å²) in [6.07, 6.45) is -12.9. The van der Waals surface area contributed by atoms with Gasteiger partial charge in [0.2, 0.25) is 0 Å². The fraction of sp³-hybridized carbons (Fsp3) is 0.476. The lowest BCUT2D eigenvalue weighted by molar-refractivity contribution is -0.171. The molecule has 0 spiro atoms. The van der Waals surface area contributed by atoms with Crippen LogP contribution in [0, 0.1) is 0 Å². The summed E-state index contributed by atoms with van der Waals surface area (Å²) in [5.41, 5.74) is 1.36. The quantitative estimate of drug-likeness (QED) is 0.576. The number of benzene rings is 1. The minimum absolute atomic E-state index is 0.00616. The number of likely N-dealkylation sites (N-methyl/N-ethyl adjacent to an activating group) is 1. The van der Waals surface area contributed by atoms with Crippen molar-refractivity contribution >= 4 is 17.2 Å². The molecule has 2 unspecified atom stereocenters. The van der Waals surface area contributed by atoms with Crippen LogP contribution in [0.1, 0.15) is 17.5 Å². The zero-order chi connectivity index (χ0) is 25.5. The Labute approximate surface area is 188 Å². The van der Waals surface area contributed by atoms with Crippen LogP contribution in [0.4, 0.5) is 44.3 Å². The Kier molecular flexibility index (Phi) is 6.98. The van der Waals surface area contributed by atoms with E-state index in [2.05, 4.69) is 5.32 Å². The number of alkyl halides is 9. The first-order chi connectivity index (χ1) is 15.5. The first-order valence-corrected chi connectivity index (χ1v) is 10.0. The topological polar surface area (TPSA) is 35.6 Å². The van der Waals surface area contributed by atoms with E-state index in [-0.39, 0.29) is 29.5 Å². The van der Waals surface area contributed by atoms with Gasteiger partial charge in [0.25, 0.3) is 0 Å². The lowest BCUT2D eigenvalue weighted by Crippen LogP contribution is -2.55. The maximum absolute atomic E-state index is 13.1. The van der Waals surface area contributed by atoms with Crippen molar-refractivity contribution in [2.75, 3.05) is 26.7 Å². The molecule has 0 aromatic heterocycles. The summed E-state index contributed by atoms with van der Waals surface area (Å²) in [6, 6.07) is 3.21. The number of hydrogen-bond donors (Lipinski definition) is 1. The first-order valence-electron chi connectivity index (χ1n) is 10.0. The summed E-state index contributed by atoms with van der Waals surface area (Å²) in [5.74, 6) is 0. The van der Waals surface area contributed by atoms with Gasteiger partial charge in [0.15, 0.2) is 0 Å². The molecular formula is C21H20F9N3O. The van der Waals surface area contributed by atoms with Crippen molar-refractivity contribution in [1.82, 2.24) is 15.1 Å². The number of rotatable bonds is 3. The zero-order valence-corrected chi connectivity index (χ0v) is 17.7. The second-order valence-electron chi connectivity index (χ2n) is 8.18. The highest BCUT2D eigenvalue weighted by Gasteiger charge is 2.41. The molecule has 3 rings (SSSR count). The highest BCUT2D eigenvalue weighted by molar-refractivity contribution is 5.88. The lowest BCUT2D eigenvalue weighted by Gasteiger charge is -2.42. The fourth-order valence-corrected chi connectivity index (χ4v) is 4.23. The summed E-state index contributed by atoms with van der Waals surface area (Å²) in [7, 11) is 1.55. The van der Waals surface area contributed by atoms with Gasteiger partial charge < -0.3 is 10.2 Å². The number of urea groups is 1. The Morgan fingerprint density at radius 1 is 1.03 bits per heavy atom. The highest BCUT2D eigenvalue weighted by Crippen LogP contribution is 2.43. The van der Waals surface area contributed by atoms with Crippen molar-refractivity contribution < 1.29 is 44.3 Å². The molecule has 1 aliphatic carbocycles. The predicted molar refractivity (Wildman–Crippen MR) is 105 cm³/mol. The number of amides is 2. The van der Waals surface area contributed by atoms with E-state index in [0.29, 0.717) is 16.7 Å². The van der Waals surface area contributed by atoms with Crippen LogP contribution in [0.2, 0.25) is 0 Å². The SMILES string of the molecule is CN1CC(NC(=O)N(CC(F)(F)F)CC(F)(F)F)C=C2c3ccccc3C(=CC(F)(F)F)CC21. The summed E-state index contributed by atoms with van der Waals surface area (Å²) < 4.78 is 116. The van der Waals surface area contributed by atoms with Gasteiger partial charge in [0.1, 0.15) is 13.1 Å². The largest absolute Gasteiger partial charge is 0.410 e. The minimum atomic E-state index is -5.04. The zero-order valence-electron chi connectivity index (χ0n) is 17.7. The van der Waals surface area contributed by atoms with Gasteiger partial charge in [-0.15, -0.1) is 0 Å². The Morgan fingerprint density at radius 3 is 2.12 bits per heavy atom. The van der Waals surface area contributed by atoms with Gasteiger partial charge >= 0.3 is 24.6 Å². The van der Waals surface area contributed by atoms with Crippen molar-refractivity contribution in [1.29, 1.82) is 0 Å². The molecule has 1 aliphatic heterocycles. The van der Waals surface area contributed by atoms with Gasteiger partial charge in [-0.2, -0.15) is 39.5 Å². The Balaban J connectivity index is 1.91. The number of allylic oxidation sites excluding steroid dienone is 1. The van der Waals surface area contributed by atoms with Crippen molar-refractivity contribution in [2.24, 2.45) is 0 Å². The second kappa shape index (κ2) is 9.16. The lowest BCUT2D eigenvalue weighted by atomic mass is 9.77. The average molecular weight is 501 g/mol. The fourth-order valence-electron chi connectivity index (χ4n) is 4.23. The van der Waals surface area contributed by atoms with E-state index >= 15 is 0 Å². The molecule has 2 atom stereocenters. The average Bonchev–Trinajstić information content (AvgIpc) is 2.65. The molecular weight excluding hydrogens is 481 g/mol. The Hall–Kier alpha value is -2.70. The molecule has 2 amide bonds. The maximum Gasteiger partial charge on any atom is 0.410 e. The van der Waals surface area contributed by atoms with E-state index in [1.807, 2.05) is 0 Å². The molecule has 0 bridgehead atoms. The third-order valence-electron chi connectivity index (χ3n) is 5.43. The van der Waals surface area contributed by atoms with Crippen molar-refractivity contribution in [3.05, 3.63) is 47.5 Å². The van der Waals surface area contributed by atoms with E-state index in [4.69, 9.17) is 0 Å². The Morgan fingerprint density at radius 2 is 1.59 bits per heavy atom. The molecule has 4 nitrogen and oxygen atoms in total. The molecule has 34 heavy (non-hydrogen) atoms. The number of hydrogen-bond acceptors (Lipinski definition) is 2. The minimum Gasteiger partial charge on any atom is -0.330 e. The van der Waals surface area contributed by atoms with Crippen molar-refractivity contribution in [3.63, 3.8) is 0 Å². The standard InChI is InChI=1S/C21H20F9N3O/c1-32-9-13(31-18(34)33(10-20(25,26)27)11-21(28,29)30)7-16-15-5-3-2-4-14(15)12(6-17(16)32)8-19(22,23)24/h2-5,7-8,13,17H,6,9-11H2,1H3,(H,31,34). The molecule has 0 saturated carbocycles. The van der Waals surface area contributed by atoms with Crippen LogP contribution in [0.25, 0.3) is 11.1 Å². The van der Waals surface area contributed by atoms with Crippen LogP contribution in [0.5, 0.6) is 0 Å².